The Bertz CT molecular complexity index is 401. The molecule has 0 fully saturated rings. The molecule has 5 heteroatoms. The first kappa shape index (κ1) is 17.1. The van der Waals surface area contributed by atoms with Gasteiger partial charge in [0.1, 0.15) is 0 Å². The average molecular weight is 299 g/mol. The Morgan fingerprint density at radius 2 is 1.90 bits per heavy atom. The summed E-state index contributed by atoms with van der Waals surface area (Å²) in [6, 6.07) is 6.25. The molecule has 0 saturated carbocycles. The van der Waals surface area contributed by atoms with Crippen LogP contribution in [0.1, 0.15) is 18.5 Å². The summed E-state index contributed by atoms with van der Waals surface area (Å²) in [5.41, 5.74) is 1.18. The van der Waals surface area contributed by atoms with E-state index in [2.05, 4.69) is 18.3 Å². The van der Waals surface area contributed by atoms with Crippen molar-refractivity contribution >= 4 is 11.8 Å². The van der Waals surface area contributed by atoms with Crippen LogP contribution in [0.4, 0.5) is 0 Å². The van der Waals surface area contributed by atoms with Gasteiger partial charge in [0.05, 0.1) is 14.2 Å². The van der Waals surface area contributed by atoms with Gasteiger partial charge in [0, 0.05) is 18.4 Å². The minimum absolute atomic E-state index is 0.244. The number of benzene rings is 1. The lowest BCUT2D eigenvalue weighted by molar-refractivity contribution is 0.250. The summed E-state index contributed by atoms with van der Waals surface area (Å²) in [6.45, 7) is 2.30. The number of rotatable bonds is 9. The molecule has 2 unspecified atom stereocenters. The highest BCUT2D eigenvalue weighted by Crippen LogP contribution is 2.31. The summed E-state index contributed by atoms with van der Waals surface area (Å²) >= 11 is 1.84. The normalized spacial score (nSPS) is 13.8. The summed E-state index contributed by atoms with van der Waals surface area (Å²) < 4.78 is 10.6. The van der Waals surface area contributed by atoms with Gasteiger partial charge in [-0.25, -0.2) is 0 Å². The number of aliphatic hydroxyl groups excluding tert-OH is 1. The molecule has 0 aliphatic heterocycles. The van der Waals surface area contributed by atoms with E-state index in [1.165, 1.54) is 5.56 Å². The zero-order valence-electron chi connectivity index (χ0n) is 12.7. The molecule has 0 radical (unpaired) electrons. The second kappa shape index (κ2) is 9.10. The highest BCUT2D eigenvalue weighted by Gasteiger charge is 2.13. The predicted molar refractivity (Wildman–Crippen MR) is 84.9 cm³/mol. The SMILES string of the molecule is CNC(CSCC(C)CO)c1ccc(OC)c(OC)c1. The van der Waals surface area contributed by atoms with E-state index in [4.69, 9.17) is 14.6 Å². The van der Waals surface area contributed by atoms with Crippen LogP contribution in [-0.2, 0) is 0 Å². The minimum Gasteiger partial charge on any atom is -0.493 e. The van der Waals surface area contributed by atoms with Crippen LogP contribution in [0.3, 0.4) is 0 Å². The monoisotopic (exact) mass is 299 g/mol. The van der Waals surface area contributed by atoms with Crippen LogP contribution in [-0.4, -0.2) is 44.5 Å². The van der Waals surface area contributed by atoms with Crippen molar-refractivity contribution in [2.24, 2.45) is 5.92 Å². The fourth-order valence-corrected chi connectivity index (χ4v) is 3.09. The smallest absolute Gasteiger partial charge is 0.161 e. The number of hydrogen-bond acceptors (Lipinski definition) is 5. The van der Waals surface area contributed by atoms with Crippen molar-refractivity contribution in [2.75, 3.05) is 39.4 Å². The van der Waals surface area contributed by atoms with Crippen LogP contribution in [0.15, 0.2) is 18.2 Å². The Morgan fingerprint density at radius 3 is 2.45 bits per heavy atom. The highest BCUT2D eigenvalue weighted by molar-refractivity contribution is 7.99. The Labute approximate surface area is 125 Å². The van der Waals surface area contributed by atoms with Crippen molar-refractivity contribution in [2.45, 2.75) is 13.0 Å². The Morgan fingerprint density at radius 1 is 1.20 bits per heavy atom. The third kappa shape index (κ3) is 4.89. The number of hydrogen-bond donors (Lipinski definition) is 2. The lowest BCUT2D eigenvalue weighted by Gasteiger charge is -2.19. The van der Waals surface area contributed by atoms with Crippen LogP contribution < -0.4 is 14.8 Å². The summed E-state index contributed by atoms with van der Waals surface area (Å²) in [4.78, 5) is 0. The molecule has 1 aromatic rings. The Balaban J connectivity index is 2.69. The summed E-state index contributed by atoms with van der Waals surface area (Å²) in [5.74, 6) is 3.74. The van der Waals surface area contributed by atoms with E-state index in [0.29, 0.717) is 5.92 Å². The van der Waals surface area contributed by atoms with E-state index in [1.807, 2.05) is 30.9 Å². The molecule has 1 aromatic carbocycles. The zero-order chi connectivity index (χ0) is 15.0. The molecule has 0 aliphatic rings. The average Bonchev–Trinajstić information content (AvgIpc) is 2.50. The van der Waals surface area contributed by atoms with Crippen molar-refractivity contribution < 1.29 is 14.6 Å². The molecule has 114 valence electrons. The molecule has 0 saturated heterocycles. The number of aliphatic hydroxyl groups is 1. The quantitative estimate of drug-likeness (QED) is 0.733. The first-order valence-corrected chi connectivity index (χ1v) is 7.89. The van der Waals surface area contributed by atoms with Gasteiger partial charge in [-0.2, -0.15) is 11.8 Å². The predicted octanol–water partition coefficient (Wildman–Crippen LogP) is 2.33. The number of thioether (sulfide) groups is 1. The molecule has 0 amide bonds. The second-order valence-corrected chi connectivity index (χ2v) is 5.86. The largest absolute Gasteiger partial charge is 0.493 e. The van der Waals surface area contributed by atoms with Gasteiger partial charge in [0.25, 0.3) is 0 Å². The lowest BCUT2D eigenvalue weighted by Crippen LogP contribution is -2.19. The third-order valence-corrected chi connectivity index (χ3v) is 4.53. The maximum Gasteiger partial charge on any atom is 0.161 e. The van der Waals surface area contributed by atoms with Gasteiger partial charge in [0.2, 0.25) is 0 Å². The molecule has 0 spiro atoms. The maximum absolute atomic E-state index is 9.04. The molecule has 2 N–H and O–H groups in total. The Hall–Kier alpha value is -0.910. The molecule has 4 nitrogen and oxygen atoms in total. The zero-order valence-corrected chi connectivity index (χ0v) is 13.5. The van der Waals surface area contributed by atoms with Crippen molar-refractivity contribution in [1.82, 2.24) is 5.32 Å². The summed E-state index contributed by atoms with van der Waals surface area (Å²) in [6.07, 6.45) is 0. The van der Waals surface area contributed by atoms with Crippen molar-refractivity contribution in [3.63, 3.8) is 0 Å². The van der Waals surface area contributed by atoms with Gasteiger partial charge in [0.15, 0.2) is 11.5 Å². The van der Waals surface area contributed by atoms with Gasteiger partial charge in [-0.15, -0.1) is 0 Å². The second-order valence-electron chi connectivity index (χ2n) is 4.78. The van der Waals surface area contributed by atoms with E-state index >= 15 is 0 Å². The highest BCUT2D eigenvalue weighted by atomic mass is 32.2. The molecular formula is C15H25NO3S. The summed E-state index contributed by atoms with van der Waals surface area (Å²) in [7, 11) is 5.24. The minimum atomic E-state index is 0.244. The molecule has 20 heavy (non-hydrogen) atoms. The molecule has 0 aromatic heterocycles. The van der Waals surface area contributed by atoms with Gasteiger partial charge < -0.3 is 19.9 Å². The van der Waals surface area contributed by atoms with E-state index < -0.39 is 0 Å². The van der Waals surface area contributed by atoms with Gasteiger partial charge >= 0.3 is 0 Å². The van der Waals surface area contributed by atoms with Crippen LogP contribution in [0.5, 0.6) is 11.5 Å². The van der Waals surface area contributed by atoms with Gasteiger partial charge in [-0.1, -0.05) is 13.0 Å². The molecule has 0 aliphatic carbocycles. The summed E-state index contributed by atoms with van der Waals surface area (Å²) in [5, 5.41) is 12.4. The lowest BCUT2D eigenvalue weighted by atomic mass is 10.1. The molecule has 1 rings (SSSR count). The molecule has 2 atom stereocenters. The maximum atomic E-state index is 9.04. The van der Waals surface area contributed by atoms with Crippen molar-refractivity contribution in [1.29, 1.82) is 0 Å². The molecule has 0 bridgehead atoms. The topological polar surface area (TPSA) is 50.7 Å². The number of ether oxygens (including phenoxy) is 2. The van der Waals surface area contributed by atoms with Crippen molar-refractivity contribution in [3.8, 4) is 11.5 Å². The molecular weight excluding hydrogens is 274 g/mol. The first-order chi connectivity index (χ1) is 9.65. The fraction of sp³-hybridized carbons (Fsp3) is 0.600. The number of nitrogens with one attached hydrogen (secondary N) is 1. The first-order valence-electron chi connectivity index (χ1n) is 6.74. The fourth-order valence-electron chi connectivity index (χ4n) is 1.86. The Kier molecular flexibility index (Phi) is 7.80. The van der Waals surface area contributed by atoms with Crippen molar-refractivity contribution in [3.05, 3.63) is 23.8 Å². The van der Waals surface area contributed by atoms with Crippen LogP contribution >= 0.6 is 11.8 Å². The number of methoxy groups -OCH3 is 2. The van der Waals surface area contributed by atoms with Crippen LogP contribution in [0, 0.1) is 5.92 Å². The third-order valence-electron chi connectivity index (χ3n) is 3.16. The van der Waals surface area contributed by atoms with E-state index in [1.54, 1.807) is 14.2 Å². The van der Waals surface area contributed by atoms with Crippen LogP contribution in [0.25, 0.3) is 0 Å². The van der Waals surface area contributed by atoms with Crippen LogP contribution in [0.2, 0.25) is 0 Å². The van der Waals surface area contributed by atoms with E-state index in [-0.39, 0.29) is 12.6 Å². The van der Waals surface area contributed by atoms with E-state index in [0.717, 1.165) is 23.0 Å². The van der Waals surface area contributed by atoms with Gasteiger partial charge in [-0.05, 0) is 36.4 Å². The standard InChI is InChI=1S/C15H25NO3S/c1-11(8-17)9-20-10-13(16-2)12-5-6-14(18-3)15(7-12)19-4/h5-7,11,13,16-17H,8-10H2,1-4H3. The van der Waals surface area contributed by atoms with Gasteiger partial charge in [-0.3, -0.25) is 0 Å². The molecule has 0 heterocycles. The van der Waals surface area contributed by atoms with E-state index in [9.17, 15) is 0 Å².